The molecule has 0 radical (unpaired) electrons. The second-order valence-corrected chi connectivity index (χ2v) is 5.58. The van der Waals surface area contributed by atoms with Crippen molar-refractivity contribution in [2.24, 2.45) is 12.0 Å². The standard InChI is InChI=1S/C17H24FN5.HI/c1-19-17(20-10-4-5-15-11-21-23(3)13-15)22(2)12-14-6-8-16(18)9-7-14;/h6-9,11,13H,4-5,10,12H2,1-3H3,(H,19,20);1H. The largest absolute Gasteiger partial charge is 0.356 e. The molecule has 132 valence electrons. The number of nitrogens with zero attached hydrogens (tertiary/aromatic N) is 4. The van der Waals surface area contributed by atoms with E-state index in [0.29, 0.717) is 6.54 Å². The van der Waals surface area contributed by atoms with E-state index >= 15 is 0 Å². The third-order valence-corrected chi connectivity index (χ3v) is 3.59. The van der Waals surface area contributed by atoms with Gasteiger partial charge >= 0.3 is 0 Å². The van der Waals surface area contributed by atoms with Gasteiger partial charge in [-0.15, -0.1) is 24.0 Å². The molecule has 0 saturated heterocycles. The van der Waals surface area contributed by atoms with E-state index in [9.17, 15) is 4.39 Å². The van der Waals surface area contributed by atoms with Crippen molar-refractivity contribution in [2.45, 2.75) is 19.4 Å². The second kappa shape index (κ2) is 10.3. The molecule has 0 bridgehead atoms. The van der Waals surface area contributed by atoms with Crippen LogP contribution in [-0.4, -0.2) is 41.3 Å². The maximum absolute atomic E-state index is 12.9. The van der Waals surface area contributed by atoms with E-state index in [1.807, 2.05) is 36.1 Å². The van der Waals surface area contributed by atoms with E-state index in [2.05, 4.69) is 15.4 Å². The van der Waals surface area contributed by atoms with Gasteiger partial charge < -0.3 is 10.2 Å². The van der Waals surface area contributed by atoms with Gasteiger partial charge in [0.05, 0.1) is 6.20 Å². The van der Waals surface area contributed by atoms with Gasteiger partial charge in [0.25, 0.3) is 0 Å². The van der Waals surface area contributed by atoms with E-state index < -0.39 is 0 Å². The molecule has 7 heteroatoms. The van der Waals surface area contributed by atoms with Crippen LogP contribution in [0.4, 0.5) is 4.39 Å². The number of rotatable bonds is 6. The first-order valence-corrected chi connectivity index (χ1v) is 7.72. The lowest BCUT2D eigenvalue weighted by Gasteiger charge is -2.22. The molecule has 24 heavy (non-hydrogen) atoms. The summed E-state index contributed by atoms with van der Waals surface area (Å²) in [6, 6.07) is 6.55. The first-order chi connectivity index (χ1) is 11.1. The highest BCUT2D eigenvalue weighted by Crippen LogP contribution is 2.06. The topological polar surface area (TPSA) is 45.5 Å². The van der Waals surface area contributed by atoms with E-state index in [4.69, 9.17) is 0 Å². The molecule has 0 aliphatic rings. The van der Waals surface area contributed by atoms with E-state index in [-0.39, 0.29) is 29.8 Å². The van der Waals surface area contributed by atoms with Crippen LogP contribution in [-0.2, 0) is 20.0 Å². The summed E-state index contributed by atoms with van der Waals surface area (Å²) < 4.78 is 14.8. The zero-order valence-electron chi connectivity index (χ0n) is 14.4. The van der Waals surface area contributed by atoms with Gasteiger partial charge in [0.2, 0.25) is 0 Å². The van der Waals surface area contributed by atoms with E-state index in [1.54, 1.807) is 19.2 Å². The molecule has 1 N–H and O–H groups in total. The molecule has 0 aliphatic carbocycles. The van der Waals surface area contributed by atoms with Gasteiger partial charge in [-0.2, -0.15) is 5.10 Å². The van der Waals surface area contributed by atoms with Crippen molar-refractivity contribution < 1.29 is 4.39 Å². The SMILES string of the molecule is CN=C(NCCCc1cnn(C)c1)N(C)Cc1ccc(F)cc1.I. The van der Waals surface area contributed by atoms with Crippen LogP contribution >= 0.6 is 24.0 Å². The number of benzene rings is 1. The Morgan fingerprint density at radius 2 is 2.00 bits per heavy atom. The Labute approximate surface area is 160 Å². The van der Waals surface area contributed by atoms with E-state index in [0.717, 1.165) is 30.9 Å². The van der Waals surface area contributed by atoms with Crippen molar-refractivity contribution in [3.05, 3.63) is 53.6 Å². The smallest absolute Gasteiger partial charge is 0.193 e. The van der Waals surface area contributed by atoms with Crippen LogP contribution in [0.3, 0.4) is 0 Å². The lowest BCUT2D eigenvalue weighted by Crippen LogP contribution is -2.39. The number of nitrogens with one attached hydrogen (secondary N) is 1. The predicted octanol–water partition coefficient (Wildman–Crippen LogP) is 2.82. The minimum absolute atomic E-state index is 0. The maximum Gasteiger partial charge on any atom is 0.193 e. The zero-order chi connectivity index (χ0) is 16.7. The van der Waals surface area contributed by atoms with Crippen molar-refractivity contribution in [3.63, 3.8) is 0 Å². The average Bonchev–Trinajstić information content (AvgIpc) is 2.95. The first kappa shape index (κ1) is 20.4. The molecule has 1 heterocycles. The molecule has 0 fully saturated rings. The van der Waals surface area contributed by atoms with Crippen LogP contribution in [0.15, 0.2) is 41.7 Å². The Hall–Kier alpha value is -1.64. The molecular weight excluding hydrogens is 420 g/mol. The number of aliphatic imine (C=N–C) groups is 1. The lowest BCUT2D eigenvalue weighted by atomic mass is 10.2. The summed E-state index contributed by atoms with van der Waals surface area (Å²) in [5, 5.41) is 7.52. The molecule has 0 aliphatic heterocycles. The van der Waals surface area contributed by atoms with Gasteiger partial charge in [0.1, 0.15) is 5.82 Å². The third-order valence-electron chi connectivity index (χ3n) is 3.59. The number of guanidine groups is 1. The quantitative estimate of drug-likeness (QED) is 0.322. The zero-order valence-corrected chi connectivity index (χ0v) is 16.7. The molecule has 5 nitrogen and oxygen atoms in total. The Bertz CT molecular complexity index is 639. The fourth-order valence-electron chi connectivity index (χ4n) is 2.42. The predicted molar refractivity (Wildman–Crippen MR) is 106 cm³/mol. The molecule has 1 aromatic carbocycles. The average molecular weight is 445 g/mol. The summed E-state index contributed by atoms with van der Waals surface area (Å²) in [6.07, 6.45) is 5.93. The van der Waals surface area contributed by atoms with Gasteiger partial charge in [-0.1, -0.05) is 12.1 Å². The van der Waals surface area contributed by atoms with Crippen molar-refractivity contribution in [1.29, 1.82) is 0 Å². The van der Waals surface area contributed by atoms with Gasteiger partial charge in [-0.25, -0.2) is 4.39 Å². The summed E-state index contributed by atoms with van der Waals surface area (Å²) >= 11 is 0. The van der Waals surface area contributed by atoms with Gasteiger partial charge in [0, 0.05) is 40.4 Å². The molecule has 0 unspecified atom stereocenters. The van der Waals surface area contributed by atoms with Crippen molar-refractivity contribution in [2.75, 3.05) is 20.6 Å². The number of aromatic nitrogens is 2. The summed E-state index contributed by atoms with van der Waals surface area (Å²) in [6.45, 7) is 1.53. The summed E-state index contributed by atoms with van der Waals surface area (Å²) in [5.41, 5.74) is 2.29. The van der Waals surface area contributed by atoms with E-state index in [1.165, 1.54) is 17.7 Å². The molecule has 2 aromatic rings. The highest BCUT2D eigenvalue weighted by molar-refractivity contribution is 14.0. The number of halogens is 2. The van der Waals surface area contributed by atoms with Gasteiger partial charge in [-0.05, 0) is 36.1 Å². The normalized spacial score (nSPS) is 11.1. The van der Waals surface area contributed by atoms with Crippen LogP contribution in [0.1, 0.15) is 17.5 Å². The van der Waals surface area contributed by atoms with Crippen molar-refractivity contribution >= 4 is 29.9 Å². The highest BCUT2D eigenvalue weighted by atomic mass is 127. The number of hydrogen-bond donors (Lipinski definition) is 1. The fraction of sp³-hybridized carbons (Fsp3) is 0.412. The Morgan fingerprint density at radius 3 is 2.58 bits per heavy atom. The minimum Gasteiger partial charge on any atom is -0.356 e. The van der Waals surface area contributed by atoms with Crippen LogP contribution in [0.2, 0.25) is 0 Å². The van der Waals surface area contributed by atoms with Gasteiger partial charge in [-0.3, -0.25) is 9.67 Å². The molecule has 0 saturated carbocycles. The molecular formula is C17H25FIN5. The third kappa shape index (κ3) is 6.46. The molecule has 2 rings (SSSR count). The Morgan fingerprint density at radius 1 is 1.29 bits per heavy atom. The van der Waals surface area contributed by atoms with Gasteiger partial charge in [0.15, 0.2) is 5.96 Å². The summed E-state index contributed by atoms with van der Waals surface area (Å²) in [4.78, 5) is 6.32. The Balaban J connectivity index is 0.00000288. The van der Waals surface area contributed by atoms with Crippen LogP contribution in [0.25, 0.3) is 0 Å². The highest BCUT2D eigenvalue weighted by Gasteiger charge is 2.06. The molecule has 0 amide bonds. The first-order valence-electron chi connectivity index (χ1n) is 7.72. The van der Waals surface area contributed by atoms with Crippen molar-refractivity contribution in [3.8, 4) is 0 Å². The van der Waals surface area contributed by atoms with Crippen molar-refractivity contribution in [1.82, 2.24) is 20.0 Å². The van der Waals surface area contributed by atoms with Crippen LogP contribution < -0.4 is 5.32 Å². The molecule has 0 atom stereocenters. The maximum atomic E-state index is 12.9. The molecule has 1 aromatic heterocycles. The number of aryl methyl sites for hydroxylation is 2. The van der Waals surface area contributed by atoms with Crippen LogP contribution in [0, 0.1) is 5.82 Å². The lowest BCUT2D eigenvalue weighted by molar-refractivity contribution is 0.475. The Kier molecular flexibility index (Phi) is 8.73. The summed E-state index contributed by atoms with van der Waals surface area (Å²) in [5.74, 6) is 0.620. The monoisotopic (exact) mass is 445 g/mol. The second-order valence-electron chi connectivity index (χ2n) is 5.58. The summed E-state index contributed by atoms with van der Waals surface area (Å²) in [7, 11) is 5.67. The number of hydrogen-bond acceptors (Lipinski definition) is 2. The molecule has 0 spiro atoms. The van der Waals surface area contributed by atoms with Crippen LogP contribution in [0.5, 0.6) is 0 Å². The minimum atomic E-state index is -0.214. The fourth-order valence-corrected chi connectivity index (χ4v) is 2.42.